The molecule has 168 valence electrons. The van der Waals surface area contributed by atoms with E-state index in [1.165, 1.54) is 0 Å². The van der Waals surface area contributed by atoms with Crippen molar-refractivity contribution in [2.24, 2.45) is 0 Å². The fourth-order valence-electron chi connectivity index (χ4n) is 3.35. The fourth-order valence-corrected chi connectivity index (χ4v) is 3.48. The minimum Gasteiger partial charge on any atom is -0.494 e. The van der Waals surface area contributed by atoms with Crippen LogP contribution in [0.15, 0.2) is 24.3 Å². The summed E-state index contributed by atoms with van der Waals surface area (Å²) in [6.45, 7) is 6.84. The molecule has 0 unspecified atom stereocenters. The quantitative estimate of drug-likeness (QED) is 0.617. The van der Waals surface area contributed by atoms with E-state index < -0.39 is 11.7 Å². The van der Waals surface area contributed by atoms with E-state index in [0.29, 0.717) is 44.0 Å². The van der Waals surface area contributed by atoms with E-state index in [0.717, 1.165) is 12.2 Å². The Kier molecular flexibility index (Phi) is 9.24. The number of methoxy groups -OCH3 is 1. The summed E-state index contributed by atoms with van der Waals surface area (Å²) in [5.74, 6) is 0.785. The topological polar surface area (TPSA) is 77.1 Å². The largest absolute Gasteiger partial charge is 0.494 e. The van der Waals surface area contributed by atoms with Gasteiger partial charge in [-0.25, -0.2) is 4.79 Å². The normalized spacial score (nSPS) is 19.3. The Labute approximate surface area is 184 Å². The number of piperidine rings is 1. The summed E-state index contributed by atoms with van der Waals surface area (Å²) >= 11 is 5.86. The molecule has 1 saturated heterocycles. The van der Waals surface area contributed by atoms with Crippen molar-refractivity contribution in [3.05, 3.63) is 29.3 Å². The molecular weight excluding hydrogens is 408 g/mol. The monoisotopic (exact) mass is 440 g/mol. The van der Waals surface area contributed by atoms with Crippen LogP contribution in [0.5, 0.6) is 5.75 Å². The number of likely N-dealkylation sites (tertiary alicyclic amines) is 1. The summed E-state index contributed by atoms with van der Waals surface area (Å²) < 4.78 is 16.4. The predicted octanol–water partition coefficient (Wildman–Crippen LogP) is 4.03. The smallest absolute Gasteiger partial charge is 0.407 e. The lowest BCUT2D eigenvalue weighted by Crippen LogP contribution is -2.53. The van der Waals surface area contributed by atoms with Crippen LogP contribution < -0.4 is 10.1 Å². The van der Waals surface area contributed by atoms with E-state index >= 15 is 0 Å². The van der Waals surface area contributed by atoms with Crippen LogP contribution >= 0.6 is 11.6 Å². The van der Waals surface area contributed by atoms with Gasteiger partial charge in [-0.2, -0.15) is 0 Å². The van der Waals surface area contributed by atoms with Gasteiger partial charge in [-0.15, -0.1) is 0 Å². The summed E-state index contributed by atoms with van der Waals surface area (Å²) in [7, 11) is 1.68. The Bertz CT molecular complexity index is 690. The lowest BCUT2D eigenvalue weighted by atomic mass is 9.98. The number of carbonyl (C=O) groups is 2. The maximum absolute atomic E-state index is 12.8. The minimum atomic E-state index is -0.564. The van der Waals surface area contributed by atoms with Gasteiger partial charge in [-0.1, -0.05) is 11.6 Å². The Balaban J connectivity index is 1.82. The van der Waals surface area contributed by atoms with Gasteiger partial charge >= 0.3 is 6.09 Å². The summed E-state index contributed by atoms with van der Waals surface area (Å²) in [5.41, 5.74) is -0.564. The first kappa shape index (κ1) is 24.3. The number of benzene rings is 1. The third-order valence-electron chi connectivity index (χ3n) is 4.82. The Morgan fingerprint density at radius 2 is 1.93 bits per heavy atom. The summed E-state index contributed by atoms with van der Waals surface area (Å²) in [6, 6.07) is 7.02. The molecule has 8 heteroatoms. The number of hydrogen-bond donors (Lipinski definition) is 1. The Hall–Kier alpha value is -1.99. The number of hydrogen-bond acceptors (Lipinski definition) is 5. The molecule has 2 amide bonds. The van der Waals surface area contributed by atoms with Gasteiger partial charge in [0, 0.05) is 31.6 Å². The van der Waals surface area contributed by atoms with E-state index in [2.05, 4.69) is 5.32 Å². The number of carbonyl (C=O) groups excluding carboxylic acids is 2. The maximum Gasteiger partial charge on any atom is 0.407 e. The van der Waals surface area contributed by atoms with Crippen LogP contribution in [0.25, 0.3) is 0 Å². The molecule has 1 aromatic rings. The van der Waals surface area contributed by atoms with Crippen LogP contribution in [0.3, 0.4) is 0 Å². The number of rotatable bonds is 8. The van der Waals surface area contributed by atoms with Crippen molar-refractivity contribution in [2.75, 3.05) is 26.8 Å². The fraction of sp³-hybridized carbons (Fsp3) is 0.636. The number of amides is 2. The first-order valence-electron chi connectivity index (χ1n) is 10.4. The molecule has 30 heavy (non-hydrogen) atoms. The highest BCUT2D eigenvalue weighted by molar-refractivity contribution is 6.30. The van der Waals surface area contributed by atoms with Gasteiger partial charge in [0.1, 0.15) is 11.4 Å². The van der Waals surface area contributed by atoms with Crippen LogP contribution in [-0.4, -0.2) is 61.5 Å². The Morgan fingerprint density at radius 3 is 2.57 bits per heavy atom. The highest BCUT2D eigenvalue weighted by atomic mass is 35.5. The standard InChI is InChI=1S/C22H33ClN2O5/c1-22(2,3)30-21(27)24-15-17-14-19(28-4)11-12-25(17)20(26)6-5-13-29-18-9-7-16(23)8-10-18/h7-10,17,19H,5-6,11-15H2,1-4H3,(H,24,27)/t17-,19+/m0/s1. The third kappa shape index (κ3) is 8.40. The molecule has 1 aliphatic rings. The molecule has 2 rings (SSSR count). The number of nitrogens with zero attached hydrogens (tertiary/aromatic N) is 1. The molecule has 0 bridgehead atoms. The van der Waals surface area contributed by atoms with E-state index in [-0.39, 0.29) is 18.1 Å². The predicted molar refractivity (Wildman–Crippen MR) is 116 cm³/mol. The molecule has 1 fully saturated rings. The maximum atomic E-state index is 12.8. The molecule has 0 saturated carbocycles. The first-order valence-corrected chi connectivity index (χ1v) is 10.7. The van der Waals surface area contributed by atoms with Gasteiger partial charge in [-0.05, 0) is 64.3 Å². The van der Waals surface area contributed by atoms with Crippen molar-refractivity contribution in [1.82, 2.24) is 10.2 Å². The molecule has 0 radical (unpaired) electrons. The molecule has 0 aromatic heterocycles. The summed E-state index contributed by atoms with van der Waals surface area (Å²) in [4.78, 5) is 26.6. The number of ether oxygens (including phenoxy) is 3. The molecule has 7 nitrogen and oxygen atoms in total. The zero-order valence-corrected chi connectivity index (χ0v) is 19.0. The molecule has 0 spiro atoms. The lowest BCUT2D eigenvalue weighted by Gasteiger charge is -2.39. The zero-order chi connectivity index (χ0) is 22.1. The van der Waals surface area contributed by atoms with Crippen LogP contribution in [0.1, 0.15) is 46.5 Å². The molecule has 1 N–H and O–H groups in total. The van der Waals surface area contributed by atoms with Crippen LogP contribution in [0.2, 0.25) is 5.02 Å². The number of alkyl carbamates (subject to hydrolysis) is 1. The second-order valence-electron chi connectivity index (χ2n) is 8.41. The van der Waals surface area contributed by atoms with Crippen molar-refractivity contribution in [2.45, 2.75) is 64.2 Å². The van der Waals surface area contributed by atoms with Gasteiger partial charge < -0.3 is 24.4 Å². The number of nitrogens with one attached hydrogen (secondary N) is 1. The van der Waals surface area contributed by atoms with Gasteiger partial charge in [0.15, 0.2) is 0 Å². The average molecular weight is 441 g/mol. The van der Waals surface area contributed by atoms with Gasteiger partial charge in [0.2, 0.25) is 5.91 Å². The van der Waals surface area contributed by atoms with E-state index in [9.17, 15) is 9.59 Å². The average Bonchev–Trinajstić information content (AvgIpc) is 2.69. The lowest BCUT2D eigenvalue weighted by molar-refractivity contribution is -0.137. The second kappa shape index (κ2) is 11.4. The van der Waals surface area contributed by atoms with Crippen molar-refractivity contribution < 1.29 is 23.8 Å². The SMILES string of the molecule is CO[C@@H]1CCN(C(=O)CCCOc2ccc(Cl)cc2)[C@H](CNC(=O)OC(C)(C)C)C1. The van der Waals surface area contributed by atoms with Crippen molar-refractivity contribution in [3.63, 3.8) is 0 Å². The molecule has 1 aromatic carbocycles. The third-order valence-corrected chi connectivity index (χ3v) is 5.07. The first-order chi connectivity index (χ1) is 14.2. The highest BCUT2D eigenvalue weighted by Crippen LogP contribution is 2.21. The van der Waals surface area contributed by atoms with Gasteiger partial charge in [-0.3, -0.25) is 4.79 Å². The van der Waals surface area contributed by atoms with Crippen LogP contribution in [0, 0.1) is 0 Å². The molecule has 1 heterocycles. The molecule has 0 aliphatic carbocycles. The minimum absolute atomic E-state index is 0.0558. The highest BCUT2D eigenvalue weighted by Gasteiger charge is 2.32. The van der Waals surface area contributed by atoms with Crippen molar-refractivity contribution in [3.8, 4) is 5.75 Å². The van der Waals surface area contributed by atoms with E-state index in [1.807, 2.05) is 25.7 Å². The number of halogens is 1. The molecule has 1 aliphatic heterocycles. The zero-order valence-electron chi connectivity index (χ0n) is 18.3. The van der Waals surface area contributed by atoms with Crippen LogP contribution in [0.4, 0.5) is 4.79 Å². The summed E-state index contributed by atoms with van der Waals surface area (Å²) in [5, 5.41) is 3.44. The van der Waals surface area contributed by atoms with Gasteiger partial charge in [0.25, 0.3) is 0 Å². The van der Waals surface area contributed by atoms with E-state index in [1.54, 1.807) is 31.4 Å². The van der Waals surface area contributed by atoms with E-state index in [4.69, 9.17) is 25.8 Å². The Morgan fingerprint density at radius 1 is 1.23 bits per heavy atom. The summed E-state index contributed by atoms with van der Waals surface area (Å²) in [6.07, 6.45) is 2.05. The second-order valence-corrected chi connectivity index (χ2v) is 8.85. The van der Waals surface area contributed by atoms with Crippen LogP contribution in [-0.2, 0) is 14.3 Å². The molecular formula is C22H33ClN2O5. The van der Waals surface area contributed by atoms with Crippen molar-refractivity contribution in [1.29, 1.82) is 0 Å². The molecule has 2 atom stereocenters. The van der Waals surface area contributed by atoms with Gasteiger partial charge in [0.05, 0.1) is 18.8 Å². The van der Waals surface area contributed by atoms with Crippen molar-refractivity contribution >= 4 is 23.6 Å².